The van der Waals surface area contributed by atoms with Gasteiger partial charge in [-0.3, -0.25) is 9.69 Å². The van der Waals surface area contributed by atoms with Crippen molar-refractivity contribution in [2.45, 2.75) is 39.2 Å². The van der Waals surface area contributed by atoms with Gasteiger partial charge in [0.25, 0.3) is 0 Å². The lowest BCUT2D eigenvalue weighted by atomic mass is 10.1. The molecule has 0 radical (unpaired) electrons. The number of methoxy groups -OCH3 is 1. The summed E-state index contributed by atoms with van der Waals surface area (Å²) in [6.45, 7) is 8.27. The molecule has 0 spiro atoms. The summed E-state index contributed by atoms with van der Waals surface area (Å²) in [5, 5.41) is 0. The van der Waals surface area contributed by atoms with Crippen LogP contribution < -0.4 is 0 Å². The topological polar surface area (TPSA) is 32.8 Å². The molecular formula is C13H26N2O2. The van der Waals surface area contributed by atoms with E-state index in [9.17, 15) is 4.79 Å². The van der Waals surface area contributed by atoms with Gasteiger partial charge in [0.1, 0.15) is 0 Å². The molecule has 1 fully saturated rings. The van der Waals surface area contributed by atoms with E-state index in [4.69, 9.17) is 4.74 Å². The fourth-order valence-corrected chi connectivity index (χ4v) is 2.36. The van der Waals surface area contributed by atoms with E-state index >= 15 is 0 Å². The van der Waals surface area contributed by atoms with E-state index in [1.165, 1.54) is 12.8 Å². The van der Waals surface area contributed by atoms with Gasteiger partial charge in [0.05, 0.1) is 13.2 Å². The van der Waals surface area contributed by atoms with Gasteiger partial charge in [0, 0.05) is 32.8 Å². The first kappa shape index (κ1) is 14.5. The summed E-state index contributed by atoms with van der Waals surface area (Å²) in [5.74, 6) is 0.252. The first-order valence-corrected chi connectivity index (χ1v) is 6.69. The molecule has 100 valence electrons. The molecule has 1 rings (SSSR count). The molecule has 0 aromatic carbocycles. The predicted octanol–water partition coefficient (Wildman–Crippen LogP) is 1.36. The van der Waals surface area contributed by atoms with E-state index in [2.05, 4.69) is 18.7 Å². The largest absolute Gasteiger partial charge is 0.383 e. The van der Waals surface area contributed by atoms with E-state index in [1.54, 1.807) is 7.11 Å². The Morgan fingerprint density at radius 1 is 1.41 bits per heavy atom. The van der Waals surface area contributed by atoms with Gasteiger partial charge in [-0.1, -0.05) is 13.3 Å². The summed E-state index contributed by atoms with van der Waals surface area (Å²) >= 11 is 0. The normalized spacial score (nSPS) is 20.4. The third-order valence-electron chi connectivity index (χ3n) is 3.46. The Kier molecular flexibility index (Phi) is 6.52. The van der Waals surface area contributed by atoms with Crippen LogP contribution in [0.15, 0.2) is 0 Å². The number of nitrogens with zero attached hydrogens (tertiary/aromatic N) is 2. The van der Waals surface area contributed by atoms with Crippen molar-refractivity contribution in [1.29, 1.82) is 0 Å². The molecule has 0 aliphatic carbocycles. The zero-order valence-corrected chi connectivity index (χ0v) is 11.4. The maximum atomic E-state index is 12.1. The Labute approximate surface area is 105 Å². The van der Waals surface area contributed by atoms with Gasteiger partial charge in [0.15, 0.2) is 0 Å². The SMILES string of the molecule is CCC[C@@H](C)N1CCCN(CCOC)C(=O)C1. The number of rotatable bonds is 6. The van der Waals surface area contributed by atoms with Gasteiger partial charge in [-0.2, -0.15) is 0 Å². The van der Waals surface area contributed by atoms with Crippen LogP contribution in [0.4, 0.5) is 0 Å². The van der Waals surface area contributed by atoms with Crippen molar-refractivity contribution in [3.8, 4) is 0 Å². The summed E-state index contributed by atoms with van der Waals surface area (Å²) in [5.41, 5.74) is 0. The number of hydrogen-bond acceptors (Lipinski definition) is 3. The quantitative estimate of drug-likeness (QED) is 0.705. The van der Waals surface area contributed by atoms with Gasteiger partial charge in [-0.25, -0.2) is 0 Å². The van der Waals surface area contributed by atoms with Gasteiger partial charge in [0.2, 0.25) is 5.91 Å². The van der Waals surface area contributed by atoms with Crippen LogP contribution in [0.3, 0.4) is 0 Å². The Balaban J connectivity index is 2.46. The summed E-state index contributed by atoms with van der Waals surface area (Å²) in [6, 6.07) is 0.520. The van der Waals surface area contributed by atoms with Crippen molar-refractivity contribution >= 4 is 5.91 Å². The van der Waals surface area contributed by atoms with E-state index < -0.39 is 0 Å². The first-order chi connectivity index (χ1) is 8.19. The highest BCUT2D eigenvalue weighted by atomic mass is 16.5. The Bertz CT molecular complexity index is 233. The molecular weight excluding hydrogens is 216 g/mol. The zero-order valence-electron chi connectivity index (χ0n) is 11.4. The van der Waals surface area contributed by atoms with E-state index in [1.807, 2.05) is 4.90 Å². The number of ether oxygens (including phenoxy) is 1. The molecule has 1 atom stereocenters. The minimum Gasteiger partial charge on any atom is -0.383 e. The Morgan fingerprint density at radius 2 is 2.18 bits per heavy atom. The van der Waals surface area contributed by atoms with Crippen LogP contribution in [-0.2, 0) is 9.53 Å². The maximum Gasteiger partial charge on any atom is 0.236 e. The van der Waals surface area contributed by atoms with Crippen LogP contribution in [0.25, 0.3) is 0 Å². The van der Waals surface area contributed by atoms with Crippen LogP contribution in [0.1, 0.15) is 33.1 Å². The van der Waals surface area contributed by atoms with Crippen LogP contribution >= 0.6 is 0 Å². The standard InChI is InChI=1S/C13H26N2O2/c1-4-6-12(2)15-8-5-7-14(9-10-17-3)13(16)11-15/h12H,4-11H2,1-3H3/t12-/m1/s1. The molecule has 0 unspecified atom stereocenters. The molecule has 1 heterocycles. The second-order valence-electron chi connectivity index (χ2n) is 4.84. The molecule has 0 N–H and O–H groups in total. The van der Waals surface area contributed by atoms with Crippen molar-refractivity contribution in [2.75, 3.05) is 39.9 Å². The van der Waals surface area contributed by atoms with Gasteiger partial charge < -0.3 is 9.64 Å². The molecule has 0 aromatic rings. The molecule has 17 heavy (non-hydrogen) atoms. The highest BCUT2D eigenvalue weighted by Gasteiger charge is 2.23. The van der Waals surface area contributed by atoms with Crippen molar-refractivity contribution in [3.63, 3.8) is 0 Å². The van der Waals surface area contributed by atoms with Gasteiger partial charge >= 0.3 is 0 Å². The third-order valence-corrected chi connectivity index (χ3v) is 3.46. The fourth-order valence-electron chi connectivity index (χ4n) is 2.36. The van der Waals surface area contributed by atoms with Gasteiger partial charge in [-0.15, -0.1) is 0 Å². The summed E-state index contributed by atoms with van der Waals surface area (Å²) in [6.07, 6.45) is 3.42. The molecule has 1 saturated heterocycles. The van der Waals surface area contributed by atoms with Crippen LogP contribution in [0, 0.1) is 0 Å². The average Bonchev–Trinajstić information content (AvgIpc) is 2.49. The monoisotopic (exact) mass is 242 g/mol. The summed E-state index contributed by atoms with van der Waals surface area (Å²) in [4.78, 5) is 16.3. The fraction of sp³-hybridized carbons (Fsp3) is 0.923. The summed E-state index contributed by atoms with van der Waals surface area (Å²) in [7, 11) is 1.68. The second-order valence-corrected chi connectivity index (χ2v) is 4.84. The summed E-state index contributed by atoms with van der Waals surface area (Å²) < 4.78 is 5.04. The number of amides is 1. The minimum absolute atomic E-state index is 0.252. The third kappa shape index (κ3) is 4.64. The van der Waals surface area contributed by atoms with E-state index in [0.717, 1.165) is 26.1 Å². The number of carbonyl (C=O) groups excluding carboxylic acids is 1. The van der Waals surface area contributed by atoms with Crippen molar-refractivity contribution < 1.29 is 9.53 Å². The van der Waals surface area contributed by atoms with Gasteiger partial charge in [-0.05, 0) is 19.8 Å². The van der Waals surface area contributed by atoms with Crippen LogP contribution in [0.5, 0.6) is 0 Å². The molecule has 4 heteroatoms. The lowest BCUT2D eigenvalue weighted by molar-refractivity contribution is -0.132. The van der Waals surface area contributed by atoms with Crippen LogP contribution in [-0.4, -0.2) is 61.6 Å². The molecule has 4 nitrogen and oxygen atoms in total. The molecule has 0 bridgehead atoms. The Hall–Kier alpha value is -0.610. The van der Waals surface area contributed by atoms with E-state index in [-0.39, 0.29) is 5.91 Å². The highest BCUT2D eigenvalue weighted by Crippen LogP contribution is 2.11. The molecule has 1 amide bonds. The van der Waals surface area contributed by atoms with Crippen molar-refractivity contribution in [3.05, 3.63) is 0 Å². The highest BCUT2D eigenvalue weighted by molar-refractivity contribution is 5.78. The van der Waals surface area contributed by atoms with E-state index in [0.29, 0.717) is 19.2 Å². The molecule has 0 aromatic heterocycles. The van der Waals surface area contributed by atoms with Crippen molar-refractivity contribution in [2.24, 2.45) is 0 Å². The number of carbonyl (C=O) groups is 1. The Morgan fingerprint density at radius 3 is 2.82 bits per heavy atom. The maximum absolute atomic E-state index is 12.1. The molecule has 1 aliphatic heterocycles. The van der Waals surface area contributed by atoms with Crippen molar-refractivity contribution in [1.82, 2.24) is 9.80 Å². The predicted molar refractivity (Wildman–Crippen MR) is 69.0 cm³/mol. The lowest BCUT2D eigenvalue weighted by Gasteiger charge is -2.26. The number of hydrogen-bond donors (Lipinski definition) is 0. The lowest BCUT2D eigenvalue weighted by Crippen LogP contribution is -2.41. The van der Waals surface area contributed by atoms with Crippen LogP contribution in [0.2, 0.25) is 0 Å². The smallest absolute Gasteiger partial charge is 0.236 e. The second kappa shape index (κ2) is 7.67. The first-order valence-electron chi connectivity index (χ1n) is 6.69. The zero-order chi connectivity index (χ0) is 12.7. The molecule has 0 saturated carbocycles. The molecule has 1 aliphatic rings. The average molecular weight is 242 g/mol. The minimum atomic E-state index is 0.252.